The van der Waals surface area contributed by atoms with Gasteiger partial charge in [0, 0.05) is 44.0 Å². The molecular formula is C24H30N6O2S. The number of aromatic nitrogens is 4. The lowest BCUT2D eigenvalue weighted by Gasteiger charge is -2.36. The molecule has 4 rings (SSSR count). The van der Waals surface area contributed by atoms with Gasteiger partial charge in [0.25, 0.3) is 0 Å². The average Bonchev–Trinajstić information content (AvgIpc) is 3.32. The predicted octanol–water partition coefficient (Wildman–Crippen LogP) is 3.63. The first-order valence-electron chi connectivity index (χ1n) is 11.2. The molecule has 174 valence electrons. The fraction of sp³-hybridized carbons (Fsp3) is 0.417. The third kappa shape index (κ3) is 5.65. The Hall–Kier alpha value is -3.07. The number of thioether (sulfide) groups is 1. The highest BCUT2D eigenvalue weighted by molar-refractivity contribution is 7.99. The second-order valence-electron chi connectivity index (χ2n) is 8.28. The van der Waals surface area contributed by atoms with Gasteiger partial charge in [-0.2, -0.15) is 4.68 Å². The number of hydrogen-bond acceptors (Lipinski definition) is 7. The van der Waals surface area contributed by atoms with Gasteiger partial charge in [0.15, 0.2) is 0 Å². The number of nitrogens with zero attached hydrogens (tertiary/aromatic N) is 6. The fourth-order valence-corrected chi connectivity index (χ4v) is 4.64. The van der Waals surface area contributed by atoms with Crippen molar-refractivity contribution in [3.8, 4) is 11.4 Å². The Labute approximate surface area is 198 Å². The molecule has 8 nitrogen and oxygen atoms in total. The third-order valence-electron chi connectivity index (χ3n) is 5.86. The van der Waals surface area contributed by atoms with Gasteiger partial charge in [-0.15, -0.1) is 5.10 Å². The summed E-state index contributed by atoms with van der Waals surface area (Å²) in [6, 6.07) is 16.3. The van der Waals surface area contributed by atoms with Crippen LogP contribution >= 0.6 is 11.8 Å². The van der Waals surface area contributed by atoms with Crippen LogP contribution in [0, 0.1) is 0 Å². The summed E-state index contributed by atoms with van der Waals surface area (Å²) in [5.41, 5.74) is 3.36. The Morgan fingerprint density at radius 3 is 2.30 bits per heavy atom. The van der Waals surface area contributed by atoms with Crippen LogP contribution in [0.25, 0.3) is 5.69 Å². The summed E-state index contributed by atoms with van der Waals surface area (Å²) in [5.74, 6) is 2.15. The van der Waals surface area contributed by atoms with E-state index in [0.717, 1.165) is 43.3 Å². The number of anilines is 1. The zero-order valence-corrected chi connectivity index (χ0v) is 20.2. The van der Waals surface area contributed by atoms with Crippen LogP contribution in [0.2, 0.25) is 0 Å². The molecule has 0 radical (unpaired) electrons. The van der Waals surface area contributed by atoms with Gasteiger partial charge in [-0.25, -0.2) is 0 Å². The summed E-state index contributed by atoms with van der Waals surface area (Å²) in [6.45, 7) is 7.46. The molecule has 0 bridgehead atoms. The standard InChI is InChI=1S/C24H30N6O2S/c1-18(2)19-4-6-21(7-5-19)30-24(25-26-27-30)33-17-12-23(31)29-15-13-28(14-16-29)20-8-10-22(32-3)11-9-20/h4-11,18H,12-17H2,1-3H3. The highest BCUT2D eigenvalue weighted by atomic mass is 32.2. The number of rotatable bonds is 8. The molecular weight excluding hydrogens is 436 g/mol. The number of ether oxygens (including phenoxy) is 1. The SMILES string of the molecule is COc1ccc(N2CCN(C(=O)CCSc3nnnn3-c3ccc(C(C)C)cc3)CC2)cc1. The molecule has 0 N–H and O–H groups in total. The number of benzene rings is 2. The van der Waals surface area contributed by atoms with Crippen molar-refractivity contribution in [2.45, 2.75) is 31.3 Å². The first-order valence-corrected chi connectivity index (χ1v) is 12.2. The number of tetrazole rings is 1. The van der Waals surface area contributed by atoms with Gasteiger partial charge < -0.3 is 14.5 Å². The number of methoxy groups -OCH3 is 1. The Bertz CT molecular complexity index is 1040. The van der Waals surface area contributed by atoms with Crippen LogP contribution in [0.1, 0.15) is 31.7 Å². The minimum absolute atomic E-state index is 0.178. The van der Waals surface area contributed by atoms with Gasteiger partial charge in [0.2, 0.25) is 11.1 Å². The van der Waals surface area contributed by atoms with E-state index in [1.807, 2.05) is 29.2 Å². The minimum atomic E-state index is 0.178. The topological polar surface area (TPSA) is 76.4 Å². The Morgan fingerprint density at radius 1 is 1.00 bits per heavy atom. The van der Waals surface area contributed by atoms with Crippen molar-refractivity contribution in [1.82, 2.24) is 25.1 Å². The van der Waals surface area contributed by atoms with Gasteiger partial charge in [0.05, 0.1) is 12.8 Å². The zero-order valence-electron chi connectivity index (χ0n) is 19.3. The van der Waals surface area contributed by atoms with Crippen LogP contribution in [0.4, 0.5) is 5.69 Å². The summed E-state index contributed by atoms with van der Waals surface area (Å²) in [5, 5.41) is 12.8. The van der Waals surface area contributed by atoms with Crippen molar-refractivity contribution < 1.29 is 9.53 Å². The molecule has 9 heteroatoms. The summed E-state index contributed by atoms with van der Waals surface area (Å²) in [7, 11) is 1.67. The zero-order chi connectivity index (χ0) is 23.2. The van der Waals surface area contributed by atoms with E-state index in [-0.39, 0.29) is 5.91 Å². The number of amides is 1. The normalized spacial score (nSPS) is 14.1. The molecule has 0 spiro atoms. The smallest absolute Gasteiger partial charge is 0.223 e. The maximum atomic E-state index is 12.7. The molecule has 1 aliphatic rings. The Morgan fingerprint density at radius 2 is 1.67 bits per heavy atom. The van der Waals surface area contributed by atoms with Crippen molar-refractivity contribution in [3.63, 3.8) is 0 Å². The van der Waals surface area contributed by atoms with Gasteiger partial charge >= 0.3 is 0 Å². The van der Waals surface area contributed by atoms with E-state index in [1.54, 1.807) is 11.8 Å². The minimum Gasteiger partial charge on any atom is -0.497 e. The molecule has 1 aromatic heterocycles. The van der Waals surface area contributed by atoms with E-state index >= 15 is 0 Å². The number of carbonyl (C=O) groups excluding carboxylic acids is 1. The first-order chi connectivity index (χ1) is 16.0. The van der Waals surface area contributed by atoms with Gasteiger partial charge in [0.1, 0.15) is 5.75 Å². The predicted molar refractivity (Wildman–Crippen MR) is 130 cm³/mol. The maximum absolute atomic E-state index is 12.7. The molecule has 2 aromatic carbocycles. The molecule has 0 aliphatic carbocycles. The molecule has 33 heavy (non-hydrogen) atoms. The first kappa shape index (κ1) is 23.1. The van der Waals surface area contributed by atoms with Crippen molar-refractivity contribution in [1.29, 1.82) is 0 Å². The maximum Gasteiger partial charge on any atom is 0.223 e. The largest absolute Gasteiger partial charge is 0.497 e. The highest BCUT2D eigenvalue weighted by Crippen LogP contribution is 2.23. The van der Waals surface area contributed by atoms with Crippen LogP contribution in [0.15, 0.2) is 53.7 Å². The van der Waals surface area contributed by atoms with Crippen molar-refractivity contribution in [2.75, 3.05) is 43.9 Å². The van der Waals surface area contributed by atoms with E-state index in [1.165, 1.54) is 17.3 Å². The van der Waals surface area contributed by atoms with E-state index in [9.17, 15) is 4.79 Å². The van der Waals surface area contributed by atoms with Crippen LogP contribution in [0.5, 0.6) is 5.75 Å². The van der Waals surface area contributed by atoms with Crippen LogP contribution in [-0.2, 0) is 4.79 Å². The molecule has 1 saturated heterocycles. The molecule has 0 saturated carbocycles. The number of piperazine rings is 1. The quantitative estimate of drug-likeness (QED) is 0.469. The highest BCUT2D eigenvalue weighted by Gasteiger charge is 2.21. The molecule has 0 unspecified atom stereocenters. The Balaban J connectivity index is 1.25. The molecule has 1 aliphatic heterocycles. The van der Waals surface area contributed by atoms with Crippen LogP contribution in [-0.4, -0.2) is 70.1 Å². The van der Waals surface area contributed by atoms with E-state index in [0.29, 0.717) is 23.2 Å². The van der Waals surface area contributed by atoms with Crippen molar-refractivity contribution in [2.24, 2.45) is 0 Å². The van der Waals surface area contributed by atoms with Gasteiger partial charge in [-0.05, 0) is 58.3 Å². The van der Waals surface area contributed by atoms with Crippen molar-refractivity contribution >= 4 is 23.4 Å². The number of hydrogen-bond donors (Lipinski definition) is 0. The van der Waals surface area contributed by atoms with Crippen LogP contribution < -0.4 is 9.64 Å². The molecule has 1 fully saturated rings. The molecule has 1 amide bonds. The second-order valence-corrected chi connectivity index (χ2v) is 9.35. The van der Waals surface area contributed by atoms with Gasteiger partial charge in [-0.1, -0.05) is 37.7 Å². The lowest BCUT2D eigenvalue weighted by atomic mass is 10.0. The van der Waals surface area contributed by atoms with E-state index in [2.05, 4.69) is 58.5 Å². The Kier molecular flexibility index (Phi) is 7.49. The van der Waals surface area contributed by atoms with Crippen molar-refractivity contribution in [3.05, 3.63) is 54.1 Å². The lowest BCUT2D eigenvalue weighted by molar-refractivity contribution is -0.131. The summed E-state index contributed by atoms with van der Waals surface area (Å²) in [6.07, 6.45) is 0.465. The third-order valence-corrected chi connectivity index (χ3v) is 6.78. The average molecular weight is 467 g/mol. The summed E-state index contributed by atoms with van der Waals surface area (Å²) < 4.78 is 6.96. The van der Waals surface area contributed by atoms with Gasteiger partial charge in [-0.3, -0.25) is 4.79 Å². The van der Waals surface area contributed by atoms with E-state index in [4.69, 9.17) is 4.74 Å². The summed E-state index contributed by atoms with van der Waals surface area (Å²) in [4.78, 5) is 17.0. The number of carbonyl (C=O) groups is 1. The molecule has 3 aromatic rings. The monoisotopic (exact) mass is 466 g/mol. The second kappa shape index (κ2) is 10.7. The van der Waals surface area contributed by atoms with E-state index < -0.39 is 0 Å². The fourth-order valence-electron chi connectivity index (χ4n) is 3.83. The van der Waals surface area contributed by atoms with Crippen LogP contribution in [0.3, 0.4) is 0 Å². The summed E-state index contributed by atoms with van der Waals surface area (Å²) >= 11 is 1.51. The molecule has 0 atom stereocenters. The lowest BCUT2D eigenvalue weighted by Crippen LogP contribution is -2.48. The molecule has 2 heterocycles.